The Bertz CT molecular complexity index is 1780. The molecule has 0 amide bonds. The van der Waals surface area contributed by atoms with Gasteiger partial charge in [-0.2, -0.15) is 13.2 Å². The molecular formula is C25H18F3N5O2S. The minimum Gasteiger partial charge on any atom is -0.485 e. The summed E-state index contributed by atoms with van der Waals surface area (Å²) in [6, 6.07) is 10.5. The fourth-order valence-electron chi connectivity index (χ4n) is 4.06. The number of rotatable bonds is 4. The second-order valence-electron chi connectivity index (χ2n) is 8.48. The standard InChI is InChI=1S/C25H18F3N5O2S/c1-12-5-4-6-16(14(12)3)34-10-15-7-8-17(35-15)22-31-23-21-20(29-11-33(23)32-22)19-13(2)9-18(25(26,27)28)30-24(19)36-21/h4-9,11H,10H2,1-3H3. The van der Waals surface area contributed by atoms with Crippen molar-refractivity contribution in [3.05, 3.63) is 70.9 Å². The number of alkyl halides is 3. The SMILES string of the molecule is Cc1cccc(OCc2ccc(-c3nc4c5sc6nc(C(F)(F)F)cc(C)c6c5ncn4n3)o2)c1C. The number of nitrogens with zero attached hydrogens (tertiary/aromatic N) is 5. The van der Waals surface area contributed by atoms with Crippen LogP contribution >= 0.6 is 11.3 Å². The number of ether oxygens (including phenoxy) is 1. The first-order valence-electron chi connectivity index (χ1n) is 11.0. The molecule has 0 fully saturated rings. The molecule has 6 aromatic rings. The minimum absolute atomic E-state index is 0.242. The quantitative estimate of drug-likeness (QED) is 0.264. The summed E-state index contributed by atoms with van der Waals surface area (Å²) in [6.07, 6.45) is -3.04. The third-order valence-electron chi connectivity index (χ3n) is 6.06. The average molecular weight is 510 g/mol. The molecule has 0 spiro atoms. The van der Waals surface area contributed by atoms with Gasteiger partial charge in [0.25, 0.3) is 0 Å². The Hall–Kier alpha value is -3.99. The molecule has 0 unspecified atom stereocenters. The maximum absolute atomic E-state index is 13.3. The Labute approximate surface area is 206 Å². The maximum atomic E-state index is 13.3. The van der Waals surface area contributed by atoms with Crippen LogP contribution in [0.15, 0.2) is 47.1 Å². The van der Waals surface area contributed by atoms with E-state index < -0.39 is 11.9 Å². The first-order valence-corrected chi connectivity index (χ1v) is 11.8. The van der Waals surface area contributed by atoms with Gasteiger partial charge < -0.3 is 9.15 Å². The van der Waals surface area contributed by atoms with E-state index in [0.29, 0.717) is 44.2 Å². The van der Waals surface area contributed by atoms with E-state index in [0.717, 1.165) is 34.3 Å². The van der Waals surface area contributed by atoms with Gasteiger partial charge in [0, 0.05) is 5.39 Å². The second-order valence-corrected chi connectivity index (χ2v) is 9.48. The largest absolute Gasteiger partial charge is 0.485 e. The number of fused-ring (bicyclic) bond motifs is 5. The summed E-state index contributed by atoms with van der Waals surface area (Å²) in [7, 11) is 0. The van der Waals surface area contributed by atoms with Crippen molar-refractivity contribution in [1.82, 2.24) is 24.6 Å². The van der Waals surface area contributed by atoms with Crippen LogP contribution in [0.2, 0.25) is 0 Å². The van der Waals surface area contributed by atoms with Gasteiger partial charge in [-0.15, -0.1) is 16.4 Å². The van der Waals surface area contributed by atoms with E-state index in [4.69, 9.17) is 9.15 Å². The zero-order chi connectivity index (χ0) is 25.2. The lowest BCUT2D eigenvalue weighted by atomic mass is 10.1. The van der Waals surface area contributed by atoms with E-state index in [1.54, 1.807) is 19.1 Å². The molecule has 5 aromatic heterocycles. The molecule has 5 heterocycles. The van der Waals surface area contributed by atoms with Gasteiger partial charge in [0.05, 0.1) is 5.52 Å². The number of hydrogen-bond acceptors (Lipinski definition) is 7. The van der Waals surface area contributed by atoms with Crippen molar-refractivity contribution in [3.8, 4) is 17.3 Å². The van der Waals surface area contributed by atoms with Crippen LogP contribution in [0.25, 0.3) is 37.7 Å². The van der Waals surface area contributed by atoms with Crippen molar-refractivity contribution in [2.24, 2.45) is 0 Å². The molecule has 1 aromatic carbocycles. The van der Waals surface area contributed by atoms with Crippen molar-refractivity contribution < 1.29 is 22.3 Å². The smallest absolute Gasteiger partial charge is 0.433 e. The molecule has 0 saturated heterocycles. The van der Waals surface area contributed by atoms with Crippen LogP contribution in [0.5, 0.6) is 5.75 Å². The summed E-state index contributed by atoms with van der Waals surface area (Å²) in [4.78, 5) is 13.1. The Kier molecular flexibility index (Phi) is 5.01. The van der Waals surface area contributed by atoms with Crippen LogP contribution in [-0.4, -0.2) is 24.6 Å². The first kappa shape index (κ1) is 22.5. The number of thiophene rings is 1. The van der Waals surface area contributed by atoms with Gasteiger partial charge in [-0.25, -0.2) is 19.5 Å². The molecule has 6 rings (SSSR count). The number of aryl methyl sites for hydroxylation is 2. The summed E-state index contributed by atoms with van der Waals surface area (Å²) in [5.74, 6) is 2.17. The fraction of sp³-hybridized carbons (Fsp3) is 0.200. The predicted octanol–water partition coefficient (Wildman–Crippen LogP) is 6.67. The zero-order valence-corrected chi connectivity index (χ0v) is 20.2. The molecule has 7 nitrogen and oxygen atoms in total. The lowest BCUT2D eigenvalue weighted by Gasteiger charge is -2.09. The highest BCUT2D eigenvalue weighted by Gasteiger charge is 2.33. The normalized spacial score (nSPS) is 12.3. The molecule has 0 radical (unpaired) electrons. The molecule has 0 N–H and O–H groups in total. The Balaban J connectivity index is 1.36. The second kappa shape index (κ2) is 8.02. The van der Waals surface area contributed by atoms with E-state index in [1.165, 1.54) is 10.8 Å². The van der Waals surface area contributed by atoms with Crippen molar-refractivity contribution in [1.29, 1.82) is 0 Å². The lowest BCUT2D eigenvalue weighted by Crippen LogP contribution is -2.07. The topological polar surface area (TPSA) is 78.3 Å². The van der Waals surface area contributed by atoms with Crippen molar-refractivity contribution in [3.63, 3.8) is 0 Å². The molecule has 36 heavy (non-hydrogen) atoms. The van der Waals surface area contributed by atoms with Crippen LogP contribution in [0, 0.1) is 20.8 Å². The molecule has 0 saturated carbocycles. The summed E-state index contributed by atoms with van der Waals surface area (Å²) < 4.78 is 53.7. The Morgan fingerprint density at radius 2 is 1.89 bits per heavy atom. The Morgan fingerprint density at radius 1 is 1.06 bits per heavy atom. The Morgan fingerprint density at radius 3 is 2.69 bits per heavy atom. The van der Waals surface area contributed by atoms with Gasteiger partial charge in [-0.3, -0.25) is 0 Å². The number of hydrogen-bond donors (Lipinski definition) is 0. The van der Waals surface area contributed by atoms with Crippen LogP contribution in [0.3, 0.4) is 0 Å². The molecule has 0 aliphatic rings. The molecule has 0 aliphatic heterocycles. The summed E-state index contributed by atoms with van der Waals surface area (Å²) in [5, 5.41) is 5.04. The molecule has 0 bridgehead atoms. The number of furan rings is 1. The van der Waals surface area contributed by atoms with E-state index in [2.05, 4.69) is 20.1 Å². The highest BCUT2D eigenvalue weighted by atomic mass is 32.1. The monoisotopic (exact) mass is 509 g/mol. The van der Waals surface area contributed by atoms with Crippen LogP contribution < -0.4 is 4.74 Å². The molecule has 0 aliphatic carbocycles. The van der Waals surface area contributed by atoms with Gasteiger partial charge in [0.2, 0.25) is 5.82 Å². The van der Waals surface area contributed by atoms with E-state index >= 15 is 0 Å². The highest BCUT2D eigenvalue weighted by Crippen LogP contribution is 2.38. The minimum atomic E-state index is -4.53. The number of aromatic nitrogens is 5. The lowest BCUT2D eigenvalue weighted by molar-refractivity contribution is -0.141. The van der Waals surface area contributed by atoms with Crippen LogP contribution in [0.4, 0.5) is 13.2 Å². The molecule has 0 atom stereocenters. The number of halogens is 3. The average Bonchev–Trinajstić information content (AvgIpc) is 3.55. The molecular weight excluding hydrogens is 491 g/mol. The number of benzene rings is 1. The summed E-state index contributed by atoms with van der Waals surface area (Å²) in [6.45, 7) is 5.89. The van der Waals surface area contributed by atoms with Crippen molar-refractivity contribution in [2.45, 2.75) is 33.6 Å². The maximum Gasteiger partial charge on any atom is 0.433 e. The van der Waals surface area contributed by atoms with E-state index in [9.17, 15) is 13.2 Å². The number of pyridine rings is 1. The predicted molar refractivity (Wildman–Crippen MR) is 129 cm³/mol. The van der Waals surface area contributed by atoms with Gasteiger partial charge in [0.1, 0.15) is 39.7 Å². The van der Waals surface area contributed by atoms with Gasteiger partial charge in [-0.1, -0.05) is 12.1 Å². The molecule has 11 heteroatoms. The summed E-state index contributed by atoms with van der Waals surface area (Å²) >= 11 is 1.11. The van der Waals surface area contributed by atoms with Crippen LogP contribution in [-0.2, 0) is 12.8 Å². The first-order chi connectivity index (χ1) is 17.2. The third-order valence-corrected chi connectivity index (χ3v) is 7.13. The van der Waals surface area contributed by atoms with Crippen molar-refractivity contribution in [2.75, 3.05) is 0 Å². The highest BCUT2D eigenvalue weighted by molar-refractivity contribution is 7.26. The summed E-state index contributed by atoms with van der Waals surface area (Å²) in [5.41, 5.74) is 2.75. The van der Waals surface area contributed by atoms with Gasteiger partial charge in [-0.05, 0) is 61.7 Å². The molecule has 182 valence electrons. The van der Waals surface area contributed by atoms with E-state index in [-0.39, 0.29) is 11.4 Å². The van der Waals surface area contributed by atoms with Crippen molar-refractivity contribution >= 4 is 37.4 Å². The van der Waals surface area contributed by atoms with E-state index in [1.807, 2.05) is 32.0 Å². The van der Waals surface area contributed by atoms with Crippen LogP contribution in [0.1, 0.15) is 28.1 Å². The zero-order valence-electron chi connectivity index (χ0n) is 19.3. The van der Waals surface area contributed by atoms with Gasteiger partial charge in [0.15, 0.2) is 11.4 Å². The fourth-order valence-corrected chi connectivity index (χ4v) is 5.24. The third kappa shape index (κ3) is 3.67. The van der Waals surface area contributed by atoms with Gasteiger partial charge >= 0.3 is 6.18 Å².